The van der Waals surface area contributed by atoms with E-state index in [1.165, 1.54) is 12.8 Å². The van der Waals surface area contributed by atoms with Crippen LogP contribution in [0, 0.1) is 30.4 Å². The Hall–Kier alpha value is -1.64. The molecular weight excluding hydrogens is 282 g/mol. The first-order valence-electron chi connectivity index (χ1n) is 8.05. The molecule has 3 rings (SSSR count). The molecule has 2 aromatic rings. The zero-order valence-electron chi connectivity index (χ0n) is 13.2. The number of benzene rings is 2. The van der Waals surface area contributed by atoms with Crippen LogP contribution in [0.15, 0.2) is 24.3 Å². The molecule has 0 heterocycles. The van der Waals surface area contributed by atoms with Gasteiger partial charge in [0.2, 0.25) is 5.82 Å². The summed E-state index contributed by atoms with van der Waals surface area (Å²) in [6.45, 7) is 4.60. The number of hydrogen-bond acceptors (Lipinski definition) is 1. The normalized spacial score (nSPS) is 22.0. The molecule has 1 aliphatic carbocycles. The van der Waals surface area contributed by atoms with Crippen molar-refractivity contribution >= 4 is 10.8 Å². The molecule has 0 radical (unpaired) electrons. The molecule has 1 nitrogen and oxygen atoms in total. The van der Waals surface area contributed by atoms with E-state index in [0.29, 0.717) is 23.3 Å². The molecule has 1 saturated carbocycles. The Bertz CT molecular complexity index is 673. The lowest BCUT2D eigenvalue weighted by atomic mass is 9.83. The minimum atomic E-state index is -0.873. The average molecular weight is 304 g/mol. The first-order chi connectivity index (χ1) is 10.5. The summed E-state index contributed by atoms with van der Waals surface area (Å²) >= 11 is 0. The predicted molar refractivity (Wildman–Crippen MR) is 85.2 cm³/mol. The SMILES string of the molecule is Cc1ccc2cc(OCC3CCC(C)CC3)c(F)c(F)c2c1. The van der Waals surface area contributed by atoms with Gasteiger partial charge in [0.15, 0.2) is 11.6 Å². The fourth-order valence-corrected chi connectivity index (χ4v) is 3.23. The summed E-state index contributed by atoms with van der Waals surface area (Å²) in [4.78, 5) is 0. The minimum absolute atomic E-state index is 0.0347. The molecule has 22 heavy (non-hydrogen) atoms. The zero-order valence-corrected chi connectivity index (χ0v) is 13.2. The van der Waals surface area contributed by atoms with Gasteiger partial charge in [-0.15, -0.1) is 0 Å². The van der Waals surface area contributed by atoms with Gasteiger partial charge in [-0.25, -0.2) is 4.39 Å². The fourth-order valence-electron chi connectivity index (χ4n) is 3.23. The second-order valence-electron chi connectivity index (χ2n) is 6.66. The Labute approximate surface area is 130 Å². The minimum Gasteiger partial charge on any atom is -0.490 e. The van der Waals surface area contributed by atoms with E-state index in [1.807, 2.05) is 19.1 Å². The third kappa shape index (κ3) is 3.08. The first-order valence-corrected chi connectivity index (χ1v) is 8.05. The van der Waals surface area contributed by atoms with Gasteiger partial charge in [-0.3, -0.25) is 0 Å². The Kier molecular flexibility index (Phi) is 4.32. The van der Waals surface area contributed by atoms with Crippen molar-refractivity contribution in [1.29, 1.82) is 0 Å². The van der Waals surface area contributed by atoms with Crippen LogP contribution in [0.1, 0.15) is 38.2 Å². The van der Waals surface area contributed by atoms with Gasteiger partial charge in [0.25, 0.3) is 0 Å². The standard InChI is InChI=1S/C19H22F2O/c1-12-3-6-14(7-4-12)11-22-17-10-15-8-5-13(2)9-16(15)18(20)19(17)21/h5,8-10,12,14H,3-4,6-7,11H2,1-2H3. The summed E-state index contributed by atoms with van der Waals surface area (Å²) in [5, 5.41) is 0.994. The lowest BCUT2D eigenvalue weighted by Crippen LogP contribution is -2.19. The molecule has 2 aromatic carbocycles. The molecule has 0 saturated heterocycles. The van der Waals surface area contributed by atoms with Gasteiger partial charge in [-0.1, -0.05) is 37.5 Å². The molecule has 0 amide bonds. The predicted octanol–water partition coefficient (Wildman–Crippen LogP) is 5.63. The summed E-state index contributed by atoms with van der Waals surface area (Å²) in [5.74, 6) is -0.426. The molecular formula is C19H22F2O. The Morgan fingerprint density at radius 2 is 1.77 bits per heavy atom. The molecule has 0 aromatic heterocycles. The number of hydrogen-bond donors (Lipinski definition) is 0. The monoisotopic (exact) mass is 304 g/mol. The van der Waals surface area contributed by atoms with Gasteiger partial charge >= 0.3 is 0 Å². The molecule has 1 aliphatic rings. The van der Waals surface area contributed by atoms with Crippen molar-refractivity contribution in [2.75, 3.05) is 6.61 Å². The molecule has 3 heteroatoms. The second-order valence-corrected chi connectivity index (χ2v) is 6.66. The van der Waals surface area contributed by atoms with Crippen LogP contribution in [0.3, 0.4) is 0 Å². The van der Waals surface area contributed by atoms with Crippen molar-refractivity contribution < 1.29 is 13.5 Å². The van der Waals surface area contributed by atoms with Crippen LogP contribution in [-0.2, 0) is 0 Å². The van der Waals surface area contributed by atoms with Crippen LogP contribution in [0.2, 0.25) is 0 Å². The molecule has 0 atom stereocenters. The van der Waals surface area contributed by atoms with Crippen LogP contribution in [0.25, 0.3) is 10.8 Å². The molecule has 0 unspecified atom stereocenters. The Balaban J connectivity index is 1.79. The van der Waals surface area contributed by atoms with Crippen molar-refractivity contribution in [3.05, 3.63) is 41.5 Å². The summed E-state index contributed by atoms with van der Waals surface area (Å²) in [6, 6.07) is 6.98. The maximum Gasteiger partial charge on any atom is 0.201 e. The van der Waals surface area contributed by atoms with Gasteiger partial charge in [-0.05, 0) is 49.1 Å². The van der Waals surface area contributed by atoms with Crippen molar-refractivity contribution in [3.63, 3.8) is 0 Å². The van der Waals surface area contributed by atoms with E-state index in [9.17, 15) is 8.78 Å². The summed E-state index contributed by atoms with van der Waals surface area (Å²) < 4.78 is 34.0. The van der Waals surface area contributed by atoms with E-state index in [0.717, 1.165) is 24.3 Å². The highest BCUT2D eigenvalue weighted by Crippen LogP contribution is 2.32. The van der Waals surface area contributed by atoms with Crippen LogP contribution in [0.5, 0.6) is 5.75 Å². The third-order valence-electron chi connectivity index (χ3n) is 4.75. The fraction of sp³-hybridized carbons (Fsp3) is 0.474. The highest BCUT2D eigenvalue weighted by Gasteiger charge is 2.20. The number of fused-ring (bicyclic) bond motifs is 1. The van der Waals surface area contributed by atoms with E-state index < -0.39 is 11.6 Å². The van der Waals surface area contributed by atoms with Crippen LogP contribution in [0.4, 0.5) is 8.78 Å². The van der Waals surface area contributed by atoms with E-state index >= 15 is 0 Å². The van der Waals surface area contributed by atoms with E-state index in [-0.39, 0.29) is 5.75 Å². The molecule has 118 valence electrons. The molecule has 0 N–H and O–H groups in total. The highest BCUT2D eigenvalue weighted by molar-refractivity contribution is 5.85. The van der Waals surface area contributed by atoms with Crippen molar-refractivity contribution in [2.45, 2.75) is 39.5 Å². The Morgan fingerprint density at radius 3 is 2.50 bits per heavy atom. The third-order valence-corrected chi connectivity index (χ3v) is 4.75. The van der Waals surface area contributed by atoms with E-state index in [2.05, 4.69) is 6.92 Å². The summed E-state index contributed by atoms with van der Waals surface area (Å²) in [7, 11) is 0. The van der Waals surface area contributed by atoms with Crippen molar-refractivity contribution in [2.24, 2.45) is 11.8 Å². The average Bonchev–Trinajstić information content (AvgIpc) is 2.52. The summed E-state index contributed by atoms with van der Waals surface area (Å²) in [5.41, 5.74) is 0.913. The zero-order chi connectivity index (χ0) is 15.7. The topological polar surface area (TPSA) is 9.23 Å². The molecule has 1 fully saturated rings. The van der Waals surface area contributed by atoms with E-state index in [4.69, 9.17) is 4.74 Å². The maximum absolute atomic E-state index is 14.2. The van der Waals surface area contributed by atoms with Crippen molar-refractivity contribution in [1.82, 2.24) is 0 Å². The van der Waals surface area contributed by atoms with Crippen LogP contribution in [-0.4, -0.2) is 6.61 Å². The largest absolute Gasteiger partial charge is 0.490 e. The first kappa shape index (κ1) is 15.3. The number of ether oxygens (including phenoxy) is 1. The van der Waals surface area contributed by atoms with Gasteiger partial charge in [0.05, 0.1) is 6.61 Å². The molecule has 0 bridgehead atoms. The lowest BCUT2D eigenvalue weighted by Gasteiger charge is -2.26. The molecule has 0 spiro atoms. The Morgan fingerprint density at radius 1 is 1.05 bits per heavy atom. The highest BCUT2D eigenvalue weighted by atomic mass is 19.2. The lowest BCUT2D eigenvalue weighted by molar-refractivity contribution is 0.182. The quantitative estimate of drug-likeness (QED) is 0.714. The van der Waals surface area contributed by atoms with Gasteiger partial charge in [0.1, 0.15) is 0 Å². The number of halogens is 2. The smallest absolute Gasteiger partial charge is 0.201 e. The number of rotatable bonds is 3. The summed E-state index contributed by atoms with van der Waals surface area (Å²) in [6.07, 6.45) is 4.61. The van der Waals surface area contributed by atoms with Gasteiger partial charge < -0.3 is 4.74 Å². The van der Waals surface area contributed by atoms with E-state index in [1.54, 1.807) is 12.1 Å². The van der Waals surface area contributed by atoms with Gasteiger partial charge in [0, 0.05) is 5.39 Å². The van der Waals surface area contributed by atoms with Crippen molar-refractivity contribution in [3.8, 4) is 5.75 Å². The maximum atomic E-state index is 14.2. The molecule has 0 aliphatic heterocycles. The van der Waals surface area contributed by atoms with Crippen LogP contribution >= 0.6 is 0 Å². The number of aryl methyl sites for hydroxylation is 1. The van der Waals surface area contributed by atoms with Gasteiger partial charge in [-0.2, -0.15) is 4.39 Å². The second kappa shape index (κ2) is 6.23. The van der Waals surface area contributed by atoms with Crippen LogP contribution < -0.4 is 4.74 Å².